The lowest BCUT2D eigenvalue weighted by atomic mass is 10.1. The number of carbonyl (C=O) groups excluding carboxylic acids is 1. The molecule has 180 valence electrons. The smallest absolute Gasteiger partial charge is 0.307 e. The van der Waals surface area contributed by atoms with Crippen LogP contribution in [0.3, 0.4) is 0 Å². The first-order chi connectivity index (χ1) is 14.7. The van der Waals surface area contributed by atoms with Gasteiger partial charge < -0.3 is 9.64 Å². The number of rotatable bonds is 24. The van der Waals surface area contributed by atoms with Gasteiger partial charge in [0.15, 0.2) is 0 Å². The van der Waals surface area contributed by atoms with Crippen molar-refractivity contribution in [2.45, 2.75) is 129 Å². The molecule has 0 radical (unpaired) electrons. The summed E-state index contributed by atoms with van der Waals surface area (Å²) in [6.07, 6.45) is 22.5. The first kappa shape index (κ1) is 29.9. The fourth-order valence-corrected chi connectivity index (χ4v) is 4.20. The van der Waals surface area contributed by atoms with Crippen molar-refractivity contribution in [3.8, 4) is 0 Å². The highest BCUT2D eigenvalue weighted by atomic mass is 79.9. The Kier molecular flexibility index (Phi) is 25.1. The molecule has 0 bridgehead atoms. The zero-order valence-corrected chi connectivity index (χ0v) is 22.0. The average molecular weight is 491 g/mol. The molecule has 0 amide bonds. The molecule has 0 aromatic carbocycles. The number of halogens is 1. The van der Waals surface area contributed by atoms with Gasteiger partial charge in [-0.2, -0.15) is 0 Å². The van der Waals surface area contributed by atoms with Crippen LogP contribution in [0.2, 0.25) is 0 Å². The van der Waals surface area contributed by atoms with E-state index in [9.17, 15) is 4.79 Å². The van der Waals surface area contributed by atoms with Gasteiger partial charge in [-0.3, -0.25) is 4.79 Å². The van der Waals surface area contributed by atoms with Crippen molar-refractivity contribution < 1.29 is 9.53 Å². The molecule has 0 atom stereocenters. The number of hydrogen-bond acceptors (Lipinski definition) is 3. The van der Waals surface area contributed by atoms with Gasteiger partial charge in [0.05, 0.1) is 13.0 Å². The zero-order chi connectivity index (χ0) is 22.1. The Balaban J connectivity index is 3.94. The molecule has 0 heterocycles. The lowest BCUT2D eigenvalue weighted by molar-refractivity contribution is -0.144. The summed E-state index contributed by atoms with van der Waals surface area (Å²) in [7, 11) is 0. The highest BCUT2D eigenvalue weighted by Crippen LogP contribution is 2.10. The predicted molar refractivity (Wildman–Crippen MR) is 136 cm³/mol. The maximum Gasteiger partial charge on any atom is 0.307 e. The minimum Gasteiger partial charge on any atom is -0.466 e. The summed E-state index contributed by atoms with van der Waals surface area (Å²) in [5, 5.41) is 1.09. The predicted octanol–water partition coefficient (Wildman–Crippen LogP) is 8.29. The molecule has 30 heavy (non-hydrogen) atoms. The third-order valence-corrected chi connectivity index (χ3v) is 6.39. The molecule has 0 spiro atoms. The van der Waals surface area contributed by atoms with Crippen LogP contribution in [0.4, 0.5) is 0 Å². The van der Waals surface area contributed by atoms with Gasteiger partial charge in [-0.25, -0.2) is 0 Å². The minimum atomic E-state index is -0.00801. The molecule has 0 saturated carbocycles. The van der Waals surface area contributed by atoms with E-state index in [0.717, 1.165) is 31.4 Å². The first-order valence-electron chi connectivity index (χ1n) is 13.2. The van der Waals surface area contributed by atoms with E-state index >= 15 is 0 Å². The summed E-state index contributed by atoms with van der Waals surface area (Å²) in [4.78, 5) is 14.6. The van der Waals surface area contributed by atoms with E-state index in [-0.39, 0.29) is 5.97 Å². The molecule has 0 aliphatic rings. The Hall–Kier alpha value is -0.0900. The Bertz CT molecular complexity index is 336. The summed E-state index contributed by atoms with van der Waals surface area (Å²) in [5.41, 5.74) is 0. The average Bonchev–Trinajstić information content (AvgIpc) is 2.75. The second-order valence-electron chi connectivity index (χ2n) is 8.80. The summed E-state index contributed by atoms with van der Waals surface area (Å²) >= 11 is 3.47. The van der Waals surface area contributed by atoms with Crippen LogP contribution >= 0.6 is 15.9 Å². The third kappa shape index (κ3) is 22.6. The van der Waals surface area contributed by atoms with E-state index in [4.69, 9.17) is 4.74 Å². The van der Waals surface area contributed by atoms with Crippen molar-refractivity contribution in [3.63, 3.8) is 0 Å². The lowest BCUT2D eigenvalue weighted by Gasteiger charge is -2.22. The third-order valence-electron chi connectivity index (χ3n) is 5.83. The van der Waals surface area contributed by atoms with Crippen LogP contribution in [0.1, 0.15) is 129 Å². The summed E-state index contributed by atoms with van der Waals surface area (Å²) < 4.78 is 5.46. The maximum atomic E-state index is 12.1. The van der Waals surface area contributed by atoms with Gasteiger partial charge >= 0.3 is 5.97 Å². The Labute approximate surface area is 197 Å². The number of alkyl halides is 1. The molecular weight excluding hydrogens is 438 g/mol. The van der Waals surface area contributed by atoms with E-state index in [1.807, 2.05) is 0 Å². The van der Waals surface area contributed by atoms with Gasteiger partial charge in [-0.05, 0) is 38.8 Å². The van der Waals surface area contributed by atoms with Crippen molar-refractivity contribution in [2.24, 2.45) is 0 Å². The number of esters is 1. The van der Waals surface area contributed by atoms with Gasteiger partial charge in [0, 0.05) is 11.9 Å². The van der Waals surface area contributed by atoms with Crippen LogP contribution in [0.5, 0.6) is 0 Å². The second-order valence-corrected chi connectivity index (χ2v) is 9.60. The molecule has 4 heteroatoms. The van der Waals surface area contributed by atoms with Crippen LogP contribution in [-0.2, 0) is 9.53 Å². The fraction of sp³-hybridized carbons (Fsp3) is 0.962. The Morgan fingerprint density at radius 2 is 1.10 bits per heavy atom. The number of hydrogen-bond donors (Lipinski definition) is 0. The molecule has 0 fully saturated rings. The zero-order valence-electron chi connectivity index (χ0n) is 20.4. The molecular formula is C26H52BrNO2. The molecule has 0 saturated heterocycles. The number of unbranched alkanes of at least 4 members (excludes halogenated alkanes) is 14. The maximum absolute atomic E-state index is 12.1. The largest absolute Gasteiger partial charge is 0.466 e. The topological polar surface area (TPSA) is 29.5 Å². The molecule has 0 rings (SSSR count). The lowest BCUT2D eigenvalue weighted by Crippen LogP contribution is -2.29. The van der Waals surface area contributed by atoms with Crippen molar-refractivity contribution in [3.05, 3.63) is 0 Å². The molecule has 0 aliphatic heterocycles. The van der Waals surface area contributed by atoms with Gasteiger partial charge in [-0.1, -0.05) is 113 Å². The number of ether oxygens (including phenoxy) is 1. The summed E-state index contributed by atoms with van der Waals surface area (Å²) in [6, 6.07) is 0. The highest BCUT2D eigenvalue weighted by molar-refractivity contribution is 9.09. The SMILES string of the molecule is CCCCCCCCN(CCCCCCCC)CCC(=O)OCCCCCCCBr. The van der Waals surface area contributed by atoms with Gasteiger partial charge in [0.25, 0.3) is 0 Å². The standard InChI is InChI=1S/C26H52BrNO2/c1-3-5-7-9-13-17-22-28(23-18-14-10-8-6-4-2)24-20-26(29)30-25-19-15-11-12-16-21-27/h3-25H2,1-2H3. The first-order valence-corrected chi connectivity index (χ1v) is 14.3. The molecule has 0 N–H and O–H groups in total. The van der Waals surface area contributed by atoms with Crippen LogP contribution in [0.15, 0.2) is 0 Å². The van der Waals surface area contributed by atoms with Crippen molar-refractivity contribution in [2.75, 3.05) is 31.6 Å². The monoisotopic (exact) mass is 489 g/mol. The van der Waals surface area contributed by atoms with E-state index in [1.165, 1.54) is 103 Å². The van der Waals surface area contributed by atoms with Crippen molar-refractivity contribution in [1.29, 1.82) is 0 Å². The van der Waals surface area contributed by atoms with E-state index in [2.05, 4.69) is 34.7 Å². The summed E-state index contributed by atoms with van der Waals surface area (Å²) in [6.45, 7) is 8.29. The van der Waals surface area contributed by atoms with Crippen LogP contribution < -0.4 is 0 Å². The Morgan fingerprint density at radius 1 is 0.633 bits per heavy atom. The normalized spacial score (nSPS) is 11.3. The Morgan fingerprint density at radius 3 is 1.63 bits per heavy atom. The quantitative estimate of drug-likeness (QED) is 0.0774. The number of carbonyl (C=O) groups is 1. The van der Waals surface area contributed by atoms with Gasteiger partial charge in [0.2, 0.25) is 0 Å². The van der Waals surface area contributed by atoms with Gasteiger partial charge in [0.1, 0.15) is 0 Å². The molecule has 0 aromatic rings. The fourth-order valence-electron chi connectivity index (χ4n) is 3.80. The van der Waals surface area contributed by atoms with Crippen LogP contribution in [-0.4, -0.2) is 42.4 Å². The van der Waals surface area contributed by atoms with Crippen molar-refractivity contribution >= 4 is 21.9 Å². The second kappa shape index (κ2) is 25.2. The molecule has 0 aromatic heterocycles. The minimum absolute atomic E-state index is 0.00801. The number of nitrogens with zero attached hydrogens (tertiary/aromatic N) is 1. The molecule has 3 nitrogen and oxygen atoms in total. The van der Waals surface area contributed by atoms with E-state index in [0.29, 0.717) is 13.0 Å². The van der Waals surface area contributed by atoms with E-state index in [1.54, 1.807) is 0 Å². The summed E-state index contributed by atoms with van der Waals surface area (Å²) in [5.74, 6) is -0.00801. The molecule has 0 unspecified atom stereocenters. The highest BCUT2D eigenvalue weighted by Gasteiger charge is 2.09. The van der Waals surface area contributed by atoms with E-state index < -0.39 is 0 Å². The van der Waals surface area contributed by atoms with Crippen molar-refractivity contribution in [1.82, 2.24) is 4.90 Å². The van der Waals surface area contributed by atoms with Crippen LogP contribution in [0.25, 0.3) is 0 Å². The van der Waals surface area contributed by atoms with Gasteiger partial charge in [-0.15, -0.1) is 0 Å². The van der Waals surface area contributed by atoms with Crippen LogP contribution in [0, 0.1) is 0 Å². The molecule has 0 aliphatic carbocycles.